The zero-order chi connectivity index (χ0) is 25.5. The Kier molecular flexibility index (Phi) is 8.51. The molecule has 1 aromatic heterocycles. The van der Waals surface area contributed by atoms with E-state index < -0.39 is 17.9 Å². The number of carbonyl (C=O) groups excluding carboxylic acids is 1. The minimum atomic E-state index is -1.16. The third kappa shape index (κ3) is 6.59. The second kappa shape index (κ2) is 12.0. The molecule has 0 saturated carbocycles. The van der Waals surface area contributed by atoms with Crippen molar-refractivity contribution in [3.8, 4) is 11.5 Å². The van der Waals surface area contributed by atoms with E-state index in [1.807, 2.05) is 12.1 Å². The SMILES string of the molecule is O=C(N[C@@H](Cc1ccc(OCCCC2COc3cccnc3N2)cc1)C(=O)O)c1c(Cl)cccc1Cl. The van der Waals surface area contributed by atoms with Gasteiger partial charge in [-0.2, -0.15) is 0 Å². The zero-order valence-corrected chi connectivity index (χ0v) is 20.8. The lowest BCUT2D eigenvalue weighted by atomic mass is 10.1. The van der Waals surface area contributed by atoms with Crippen LogP contribution in [0.3, 0.4) is 0 Å². The van der Waals surface area contributed by atoms with Crippen LogP contribution in [0.1, 0.15) is 28.8 Å². The van der Waals surface area contributed by atoms with Crippen LogP contribution >= 0.6 is 23.2 Å². The number of carbonyl (C=O) groups is 2. The topological polar surface area (TPSA) is 110 Å². The van der Waals surface area contributed by atoms with E-state index in [1.165, 1.54) is 12.1 Å². The predicted molar refractivity (Wildman–Crippen MR) is 137 cm³/mol. The van der Waals surface area contributed by atoms with Crippen molar-refractivity contribution >= 4 is 40.9 Å². The van der Waals surface area contributed by atoms with Crippen molar-refractivity contribution in [2.45, 2.75) is 31.3 Å². The average Bonchev–Trinajstić information content (AvgIpc) is 2.87. The second-order valence-corrected chi connectivity index (χ2v) is 9.12. The van der Waals surface area contributed by atoms with E-state index in [0.717, 1.165) is 30.0 Å². The number of ether oxygens (including phenoxy) is 2. The van der Waals surface area contributed by atoms with E-state index >= 15 is 0 Å². The zero-order valence-electron chi connectivity index (χ0n) is 19.2. The molecule has 0 bridgehead atoms. The monoisotopic (exact) mass is 529 g/mol. The second-order valence-electron chi connectivity index (χ2n) is 8.30. The van der Waals surface area contributed by atoms with Crippen LogP contribution < -0.4 is 20.1 Å². The Hall–Kier alpha value is -3.49. The number of carboxylic acid groups (broad SMARTS) is 1. The molecule has 1 amide bonds. The molecular weight excluding hydrogens is 505 g/mol. The molecule has 2 heterocycles. The summed E-state index contributed by atoms with van der Waals surface area (Å²) in [6.45, 7) is 1.11. The first-order valence-corrected chi connectivity index (χ1v) is 12.2. The van der Waals surface area contributed by atoms with Crippen molar-refractivity contribution in [3.63, 3.8) is 0 Å². The van der Waals surface area contributed by atoms with Gasteiger partial charge in [-0.05, 0) is 54.8 Å². The summed E-state index contributed by atoms with van der Waals surface area (Å²) in [4.78, 5) is 28.6. The fourth-order valence-electron chi connectivity index (χ4n) is 3.82. The maximum Gasteiger partial charge on any atom is 0.326 e. The minimum Gasteiger partial charge on any atom is -0.494 e. The maximum atomic E-state index is 12.6. The third-order valence-corrected chi connectivity index (χ3v) is 6.30. The quantitative estimate of drug-likeness (QED) is 0.322. The summed E-state index contributed by atoms with van der Waals surface area (Å²) in [7, 11) is 0. The van der Waals surface area contributed by atoms with Crippen molar-refractivity contribution in [2.75, 3.05) is 18.5 Å². The first-order chi connectivity index (χ1) is 17.4. The standard InChI is InChI=1S/C26H25Cl2N3O5/c27-19-5-1-6-20(28)23(19)25(32)31-21(26(33)34)14-16-8-10-18(11-9-16)35-13-3-4-17-15-36-22-7-2-12-29-24(22)30-17/h1-2,5-12,17,21H,3-4,13-15H2,(H,29,30)(H,31,32)(H,33,34)/t17?,21-/m0/s1. The lowest BCUT2D eigenvalue weighted by molar-refractivity contribution is -0.139. The molecule has 36 heavy (non-hydrogen) atoms. The molecule has 3 N–H and O–H groups in total. The van der Waals surface area contributed by atoms with Crippen LogP contribution in [-0.2, 0) is 11.2 Å². The first kappa shape index (κ1) is 25.6. The highest BCUT2D eigenvalue weighted by molar-refractivity contribution is 6.39. The number of anilines is 1. The number of hydrogen-bond donors (Lipinski definition) is 3. The van der Waals surface area contributed by atoms with E-state index in [9.17, 15) is 14.7 Å². The Bertz CT molecular complexity index is 1200. The highest BCUT2D eigenvalue weighted by Gasteiger charge is 2.24. The van der Waals surface area contributed by atoms with Gasteiger partial charge in [-0.25, -0.2) is 9.78 Å². The molecule has 4 rings (SSSR count). The van der Waals surface area contributed by atoms with Gasteiger partial charge < -0.3 is 25.2 Å². The number of benzene rings is 2. The Morgan fingerprint density at radius 3 is 2.61 bits per heavy atom. The number of amides is 1. The lowest BCUT2D eigenvalue weighted by Gasteiger charge is -2.26. The van der Waals surface area contributed by atoms with Crippen LogP contribution in [0.25, 0.3) is 0 Å². The summed E-state index contributed by atoms with van der Waals surface area (Å²) in [5, 5.41) is 15.8. The highest BCUT2D eigenvalue weighted by Crippen LogP contribution is 2.27. The smallest absolute Gasteiger partial charge is 0.326 e. The number of carboxylic acids is 1. The molecule has 8 nitrogen and oxygen atoms in total. The van der Waals surface area contributed by atoms with Gasteiger partial charge in [-0.3, -0.25) is 4.79 Å². The van der Waals surface area contributed by atoms with Crippen LogP contribution in [-0.4, -0.2) is 47.3 Å². The number of halogens is 2. The number of nitrogens with one attached hydrogen (secondary N) is 2. The van der Waals surface area contributed by atoms with Crippen LogP contribution in [0.2, 0.25) is 10.0 Å². The summed E-state index contributed by atoms with van der Waals surface area (Å²) < 4.78 is 11.5. The first-order valence-electron chi connectivity index (χ1n) is 11.4. The lowest BCUT2D eigenvalue weighted by Crippen LogP contribution is -2.42. The van der Waals surface area contributed by atoms with E-state index in [1.54, 1.807) is 36.5 Å². The van der Waals surface area contributed by atoms with Gasteiger partial charge in [0.15, 0.2) is 11.6 Å². The molecular formula is C26H25Cl2N3O5. The highest BCUT2D eigenvalue weighted by atomic mass is 35.5. The van der Waals surface area contributed by atoms with Crippen LogP contribution in [0.15, 0.2) is 60.8 Å². The van der Waals surface area contributed by atoms with Gasteiger partial charge in [0.05, 0.1) is 28.3 Å². The van der Waals surface area contributed by atoms with Crippen LogP contribution in [0, 0.1) is 0 Å². The summed E-state index contributed by atoms with van der Waals surface area (Å²) in [5.74, 6) is 0.399. The van der Waals surface area contributed by atoms with Gasteiger partial charge in [0.1, 0.15) is 18.4 Å². The third-order valence-electron chi connectivity index (χ3n) is 5.67. The molecule has 1 aliphatic rings. The van der Waals surface area contributed by atoms with Gasteiger partial charge in [0, 0.05) is 12.6 Å². The molecule has 0 radical (unpaired) electrons. The average molecular weight is 530 g/mol. The maximum absolute atomic E-state index is 12.6. The molecule has 10 heteroatoms. The molecule has 0 fully saturated rings. The summed E-state index contributed by atoms with van der Waals surface area (Å²) >= 11 is 12.1. The van der Waals surface area contributed by atoms with Gasteiger partial charge in [-0.15, -0.1) is 0 Å². The number of rotatable bonds is 10. The molecule has 0 saturated heterocycles. The Morgan fingerprint density at radius 2 is 1.89 bits per heavy atom. The van der Waals surface area contributed by atoms with Gasteiger partial charge in [0.25, 0.3) is 5.91 Å². The van der Waals surface area contributed by atoms with Crippen molar-refractivity contribution in [1.29, 1.82) is 0 Å². The van der Waals surface area contributed by atoms with Crippen LogP contribution in [0.5, 0.6) is 11.5 Å². The number of hydrogen-bond acceptors (Lipinski definition) is 6. The number of pyridine rings is 1. The van der Waals surface area contributed by atoms with E-state index in [4.69, 9.17) is 32.7 Å². The van der Waals surface area contributed by atoms with Crippen molar-refractivity contribution < 1.29 is 24.2 Å². The van der Waals surface area contributed by atoms with Crippen molar-refractivity contribution in [1.82, 2.24) is 10.3 Å². The molecule has 188 valence electrons. The van der Waals surface area contributed by atoms with Crippen molar-refractivity contribution in [3.05, 3.63) is 82.0 Å². The molecule has 2 aromatic carbocycles. The molecule has 3 aromatic rings. The van der Waals surface area contributed by atoms with Gasteiger partial charge in [0.2, 0.25) is 0 Å². The van der Waals surface area contributed by atoms with Gasteiger partial charge in [-0.1, -0.05) is 41.4 Å². The Balaban J connectivity index is 1.24. The molecule has 2 atom stereocenters. The number of nitrogens with zero attached hydrogens (tertiary/aromatic N) is 1. The molecule has 0 spiro atoms. The fourth-order valence-corrected chi connectivity index (χ4v) is 4.39. The van der Waals surface area contributed by atoms with E-state index in [0.29, 0.717) is 19.0 Å². The molecule has 1 unspecified atom stereocenters. The predicted octanol–water partition coefficient (Wildman–Crippen LogP) is 4.85. The van der Waals surface area contributed by atoms with Gasteiger partial charge >= 0.3 is 5.97 Å². The number of fused-ring (bicyclic) bond motifs is 1. The van der Waals surface area contributed by atoms with Crippen molar-refractivity contribution in [2.24, 2.45) is 0 Å². The fraction of sp³-hybridized carbons (Fsp3) is 0.269. The summed E-state index contributed by atoms with van der Waals surface area (Å²) in [6, 6.07) is 14.5. The minimum absolute atomic E-state index is 0.0475. The Morgan fingerprint density at radius 1 is 1.14 bits per heavy atom. The summed E-state index contributed by atoms with van der Waals surface area (Å²) in [6.07, 6.45) is 3.50. The summed E-state index contributed by atoms with van der Waals surface area (Å²) in [5.41, 5.74) is 0.779. The number of aliphatic carboxylic acids is 1. The van der Waals surface area contributed by atoms with E-state index in [-0.39, 0.29) is 28.1 Å². The largest absolute Gasteiger partial charge is 0.494 e. The number of aromatic nitrogens is 1. The molecule has 1 aliphatic heterocycles. The van der Waals surface area contributed by atoms with E-state index in [2.05, 4.69) is 15.6 Å². The normalized spacial score (nSPS) is 15.1. The Labute approximate surface area is 218 Å². The van der Waals surface area contributed by atoms with Crippen LogP contribution in [0.4, 0.5) is 5.82 Å². The molecule has 0 aliphatic carbocycles.